The van der Waals surface area contributed by atoms with Gasteiger partial charge in [-0.15, -0.1) is 0 Å². The van der Waals surface area contributed by atoms with Gasteiger partial charge in [0.25, 0.3) is 0 Å². The fourth-order valence-electron chi connectivity index (χ4n) is 3.31. The maximum Gasteiger partial charge on any atom is 0.179 e. The number of fused-ring (bicyclic) bond motifs is 1. The number of aromatic amines is 1. The SMILES string of the molecule is Cc1ccc2c(C(=O)CN3CCC(C)CC3)c(C)[nH]c2c1. The largest absolute Gasteiger partial charge is 0.358 e. The second-order valence-corrected chi connectivity index (χ2v) is 6.56. The van der Waals surface area contributed by atoms with Gasteiger partial charge in [0, 0.05) is 22.2 Å². The van der Waals surface area contributed by atoms with Crippen molar-refractivity contribution in [3.05, 3.63) is 35.0 Å². The molecule has 0 atom stereocenters. The number of ketones is 1. The van der Waals surface area contributed by atoms with Crippen molar-refractivity contribution in [3.63, 3.8) is 0 Å². The molecule has 2 heterocycles. The van der Waals surface area contributed by atoms with Crippen LogP contribution in [0.3, 0.4) is 0 Å². The van der Waals surface area contributed by atoms with E-state index in [2.05, 4.69) is 41.9 Å². The van der Waals surface area contributed by atoms with Crippen molar-refractivity contribution in [2.45, 2.75) is 33.6 Å². The number of aryl methyl sites for hydroxylation is 2. The van der Waals surface area contributed by atoms with Crippen LogP contribution in [0.5, 0.6) is 0 Å². The summed E-state index contributed by atoms with van der Waals surface area (Å²) in [5, 5.41) is 1.06. The monoisotopic (exact) mass is 284 g/mol. The lowest BCUT2D eigenvalue weighted by Gasteiger charge is -2.29. The summed E-state index contributed by atoms with van der Waals surface area (Å²) in [6.45, 7) is 9.02. The molecule has 0 spiro atoms. The number of nitrogens with zero attached hydrogens (tertiary/aromatic N) is 1. The standard InChI is InChI=1S/C18H24N2O/c1-12-6-8-20(9-7-12)11-17(21)18-14(3)19-16-10-13(2)4-5-15(16)18/h4-5,10,12,19H,6-9,11H2,1-3H3. The Bertz CT molecular complexity index is 663. The molecule has 3 nitrogen and oxygen atoms in total. The lowest BCUT2D eigenvalue weighted by atomic mass is 9.98. The molecule has 1 N–H and O–H groups in total. The van der Waals surface area contributed by atoms with Gasteiger partial charge in [-0.3, -0.25) is 9.69 Å². The Hall–Kier alpha value is -1.61. The fourth-order valence-corrected chi connectivity index (χ4v) is 3.31. The molecule has 2 aromatic rings. The van der Waals surface area contributed by atoms with Crippen molar-refractivity contribution in [1.29, 1.82) is 0 Å². The molecule has 1 aromatic heterocycles. The normalized spacial score (nSPS) is 17.5. The van der Waals surface area contributed by atoms with Gasteiger partial charge in [-0.05, 0) is 57.3 Å². The van der Waals surface area contributed by atoms with Gasteiger partial charge in [0.2, 0.25) is 0 Å². The van der Waals surface area contributed by atoms with Gasteiger partial charge in [-0.2, -0.15) is 0 Å². The minimum atomic E-state index is 0.247. The number of carbonyl (C=O) groups is 1. The third-order valence-corrected chi connectivity index (χ3v) is 4.66. The van der Waals surface area contributed by atoms with Gasteiger partial charge in [0.15, 0.2) is 5.78 Å². The first-order valence-corrected chi connectivity index (χ1v) is 7.89. The van der Waals surface area contributed by atoms with Crippen molar-refractivity contribution >= 4 is 16.7 Å². The topological polar surface area (TPSA) is 36.1 Å². The fraction of sp³-hybridized carbons (Fsp3) is 0.500. The lowest BCUT2D eigenvalue weighted by Crippen LogP contribution is -2.36. The van der Waals surface area contributed by atoms with Gasteiger partial charge >= 0.3 is 0 Å². The van der Waals surface area contributed by atoms with Crippen molar-refractivity contribution in [1.82, 2.24) is 9.88 Å². The first-order chi connectivity index (χ1) is 10.0. The molecule has 21 heavy (non-hydrogen) atoms. The highest BCUT2D eigenvalue weighted by Gasteiger charge is 2.21. The third kappa shape index (κ3) is 2.88. The molecule has 0 unspecified atom stereocenters. The molecule has 1 fully saturated rings. The summed E-state index contributed by atoms with van der Waals surface area (Å²) >= 11 is 0. The van der Waals surface area contributed by atoms with Crippen LogP contribution in [0.4, 0.5) is 0 Å². The number of Topliss-reactive ketones (excluding diaryl/α,β-unsaturated/α-hetero) is 1. The quantitative estimate of drug-likeness (QED) is 0.872. The zero-order chi connectivity index (χ0) is 15.0. The third-order valence-electron chi connectivity index (χ3n) is 4.66. The summed E-state index contributed by atoms with van der Waals surface area (Å²) in [4.78, 5) is 18.4. The van der Waals surface area contributed by atoms with E-state index in [1.54, 1.807) is 0 Å². The van der Waals surface area contributed by atoms with Crippen molar-refractivity contribution in [3.8, 4) is 0 Å². The van der Waals surface area contributed by atoms with Crippen LogP contribution in [-0.4, -0.2) is 35.3 Å². The molecular weight excluding hydrogens is 260 g/mol. The summed E-state index contributed by atoms with van der Waals surface area (Å²) < 4.78 is 0. The van der Waals surface area contributed by atoms with E-state index in [0.29, 0.717) is 6.54 Å². The highest BCUT2D eigenvalue weighted by Crippen LogP contribution is 2.24. The van der Waals surface area contributed by atoms with Crippen LogP contribution in [0.1, 0.15) is 41.4 Å². The van der Waals surface area contributed by atoms with E-state index in [0.717, 1.165) is 41.2 Å². The molecule has 1 saturated heterocycles. The second-order valence-electron chi connectivity index (χ2n) is 6.56. The van der Waals surface area contributed by atoms with E-state index < -0.39 is 0 Å². The predicted octanol–water partition coefficient (Wildman–Crippen LogP) is 3.70. The average molecular weight is 284 g/mol. The molecule has 112 valence electrons. The van der Waals surface area contributed by atoms with E-state index in [1.807, 2.05) is 6.92 Å². The number of hydrogen-bond donors (Lipinski definition) is 1. The number of hydrogen-bond acceptors (Lipinski definition) is 2. The van der Waals surface area contributed by atoms with Crippen LogP contribution < -0.4 is 0 Å². The number of piperidine rings is 1. The smallest absolute Gasteiger partial charge is 0.179 e. The number of nitrogens with one attached hydrogen (secondary N) is 1. The molecule has 1 aliphatic rings. The summed E-state index contributed by atoms with van der Waals surface area (Å²) in [6.07, 6.45) is 2.42. The highest BCUT2D eigenvalue weighted by atomic mass is 16.1. The number of benzene rings is 1. The molecule has 0 radical (unpaired) electrons. The maximum absolute atomic E-state index is 12.7. The first kappa shape index (κ1) is 14.3. The summed E-state index contributed by atoms with van der Waals surface area (Å²) in [6, 6.07) is 6.26. The Kier molecular flexibility index (Phi) is 3.85. The average Bonchev–Trinajstić information content (AvgIpc) is 2.76. The molecule has 0 bridgehead atoms. The predicted molar refractivity (Wildman–Crippen MR) is 86.9 cm³/mol. The second kappa shape index (κ2) is 5.64. The van der Waals surface area contributed by atoms with Gasteiger partial charge in [-0.1, -0.05) is 19.1 Å². The Balaban J connectivity index is 1.83. The summed E-state index contributed by atoms with van der Waals surface area (Å²) in [5.74, 6) is 1.05. The zero-order valence-corrected chi connectivity index (χ0v) is 13.2. The Labute approximate surface area is 126 Å². The Morgan fingerprint density at radius 3 is 2.71 bits per heavy atom. The molecular formula is C18H24N2O. The molecule has 1 aliphatic heterocycles. The molecule has 0 amide bonds. The van der Waals surface area contributed by atoms with E-state index in [4.69, 9.17) is 0 Å². The maximum atomic E-state index is 12.7. The number of rotatable bonds is 3. The van der Waals surface area contributed by atoms with Crippen molar-refractivity contribution in [2.24, 2.45) is 5.92 Å². The van der Waals surface area contributed by atoms with E-state index in [1.165, 1.54) is 18.4 Å². The van der Waals surface area contributed by atoms with Crippen LogP contribution in [-0.2, 0) is 0 Å². The Morgan fingerprint density at radius 1 is 1.29 bits per heavy atom. The zero-order valence-electron chi connectivity index (χ0n) is 13.2. The van der Waals surface area contributed by atoms with E-state index >= 15 is 0 Å². The molecule has 3 rings (SSSR count). The highest BCUT2D eigenvalue weighted by molar-refractivity contribution is 6.10. The molecule has 0 aliphatic carbocycles. The summed E-state index contributed by atoms with van der Waals surface area (Å²) in [7, 11) is 0. The molecule has 0 saturated carbocycles. The van der Waals surface area contributed by atoms with Crippen LogP contribution in [0, 0.1) is 19.8 Å². The van der Waals surface area contributed by atoms with Gasteiger partial charge in [0.05, 0.1) is 6.54 Å². The number of aromatic nitrogens is 1. The first-order valence-electron chi connectivity index (χ1n) is 7.89. The van der Waals surface area contributed by atoms with E-state index in [9.17, 15) is 4.79 Å². The van der Waals surface area contributed by atoms with Crippen LogP contribution >= 0.6 is 0 Å². The van der Waals surface area contributed by atoms with Gasteiger partial charge in [-0.25, -0.2) is 0 Å². The van der Waals surface area contributed by atoms with Crippen molar-refractivity contribution in [2.75, 3.05) is 19.6 Å². The minimum Gasteiger partial charge on any atom is -0.358 e. The molecule has 3 heteroatoms. The van der Waals surface area contributed by atoms with Crippen LogP contribution in [0.15, 0.2) is 18.2 Å². The summed E-state index contributed by atoms with van der Waals surface area (Å²) in [5.41, 5.74) is 4.16. The number of carbonyl (C=O) groups excluding carboxylic acids is 1. The van der Waals surface area contributed by atoms with Gasteiger partial charge in [0.1, 0.15) is 0 Å². The lowest BCUT2D eigenvalue weighted by molar-refractivity contribution is 0.0901. The van der Waals surface area contributed by atoms with Gasteiger partial charge < -0.3 is 4.98 Å². The number of H-pyrrole nitrogens is 1. The van der Waals surface area contributed by atoms with Crippen molar-refractivity contribution < 1.29 is 4.79 Å². The Morgan fingerprint density at radius 2 is 2.00 bits per heavy atom. The molecule has 1 aromatic carbocycles. The minimum absolute atomic E-state index is 0.247. The van der Waals surface area contributed by atoms with Crippen LogP contribution in [0.25, 0.3) is 10.9 Å². The number of likely N-dealkylation sites (tertiary alicyclic amines) is 1. The van der Waals surface area contributed by atoms with Crippen LogP contribution in [0.2, 0.25) is 0 Å². The van der Waals surface area contributed by atoms with E-state index in [-0.39, 0.29) is 5.78 Å².